The molecule has 100 valence electrons. The first-order valence-corrected chi connectivity index (χ1v) is 7.12. The van der Waals surface area contributed by atoms with Crippen LogP contribution < -0.4 is 11.1 Å². The fourth-order valence-corrected chi connectivity index (χ4v) is 2.68. The summed E-state index contributed by atoms with van der Waals surface area (Å²) in [5.74, 6) is -0.187. The van der Waals surface area contributed by atoms with Gasteiger partial charge < -0.3 is 11.1 Å². The van der Waals surface area contributed by atoms with Gasteiger partial charge in [-0.15, -0.1) is 0 Å². The Morgan fingerprint density at radius 1 is 1.44 bits per heavy atom. The molecule has 0 aliphatic carbocycles. The predicted octanol–water partition coefficient (Wildman–Crippen LogP) is 4.07. The van der Waals surface area contributed by atoms with Crippen LogP contribution in [0, 0.1) is 5.92 Å². The van der Waals surface area contributed by atoms with E-state index in [1.165, 1.54) is 0 Å². The van der Waals surface area contributed by atoms with Crippen LogP contribution in [0.5, 0.6) is 0 Å². The first-order valence-electron chi connectivity index (χ1n) is 5.57. The summed E-state index contributed by atoms with van der Waals surface area (Å²) in [6.45, 7) is 3.91. The van der Waals surface area contributed by atoms with Crippen LogP contribution in [-0.4, -0.2) is 11.9 Å². The second-order valence-corrected chi connectivity index (χ2v) is 5.88. The summed E-state index contributed by atoms with van der Waals surface area (Å²) in [7, 11) is 0. The summed E-state index contributed by atoms with van der Waals surface area (Å²) in [6.07, 6.45) is 0.830. The fourth-order valence-electron chi connectivity index (χ4n) is 1.38. The second kappa shape index (κ2) is 6.75. The van der Waals surface area contributed by atoms with E-state index in [1.54, 1.807) is 12.1 Å². The zero-order valence-corrected chi connectivity index (χ0v) is 13.2. The lowest BCUT2D eigenvalue weighted by Crippen LogP contribution is -2.40. The monoisotopic (exact) mass is 352 g/mol. The summed E-state index contributed by atoms with van der Waals surface area (Å²) >= 11 is 15.3. The molecule has 3 N–H and O–H groups in total. The zero-order valence-electron chi connectivity index (χ0n) is 10.1. The van der Waals surface area contributed by atoms with Crippen molar-refractivity contribution in [3.8, 4) is 0 Å². The second-order valence-electron chi connectivity index (χ2n) is 4.15. The first-order chi connectivity index (χ1) is 8.36. The Morgan fingerprint density at radius 2 is 1.94 bits per heavy atom. The Balaban J connectivity index is 2.89. The summed E-state index contributed by atoms with van der Waals surface area (Å²) < 4.78 is 0.752. The lowest BCUT2D eigenvalue weighted by atomic mass is 9.99. The van der Waals surface area contributed by atoms with Gasteiger partial charge in [-0.05, 0) is 18.1 Å². The number of halogens is 3. The van der Waals surface area contributed by atoms with Gasteiger partial charge in [0.15, 0.2) is 0 Å². The molecule has 1 rings (SSSR count). The Labute approximate surface area is 125 Å². The van der Waals surface area contributed by atoms with Crippen LogP contribution in [0.4, 0.5) is 5.69 Å². The number of nitrogens with two attached hydrogens (primary N) is 1. The molecule has 0 saturated heterocycles. The number of carbonyl (C=O) groups is 1. The molecule has 6 heteroatoms. The summed E-state index contributed by atoms with van der Waals surface area (Å²) in [5.41, 5.74) is 6.24. The molecular formula is C12H15BrCl2N2O. The van der Waals surface area contributed by atoms with Crippen LogP contribution in [0.25, 0.3) is 0 Å². The number of rotatable bonds is 4. The van der Waals surface area contributed by atoms with Crippen molar-refractivity contribution in [2.75, 3.05) is 5.32 Å². The lowest BCUT2D eigenvalue weighted by molar-refractivity contribution is -0.118. The third-order valence-corrected chi connectivity index (χ3v) is 3.87. The van der Waals surface area contributed by atoms with Crippen LogP contribution in [-0.2, 0) is 4.79 Å². The molecule has 3 nitrogen and oxygen atoms in total. The normalized spacial score (nSPS) is 14.1. The van der Waals surface area contributed by atoms with Crippen LogP contribution in [0.1, 0.15) is 20.3 Å². The van der Waals surface area contributed by atoms with E-state index < -0.39 is 6.04 Å². The molecular weight excluding hydrogens is 339 g/mol. The number of hydrogen-bond donors (Lipinski definition) is 2. The Hall–Kier alpha value is -0.290. The van der Waals surface area contributed by atoms with Crippen molar-refractivity contribution in [2.45, 2.75) is 26.3 Å². The molecule has 0 fully saturated rings. The van der Waals surface area contributed by atoms with E-state index >= 15 is 0 Å². The number of nitrogens with one attached hydrogen (secondary N) is 1. The summed E-state index contributed by atoms with van der Waals surface area (Å²) in [5, 5.41) is 3.42. The maximum atomic E-state index is 11.9. The van der Waals surface area contributed by atoms with Crippen LogP contribution in [0.2, 0.25) is 10.0 Å². The van der Waals surface area contributed by atoms with E-state index in [1.807, 2.05) is 13.8 Å². The van der Waals surface area contributed by atoms with Crippen LogP contribution in [0.15, 0.2) is 16.6 Å². The molecule has 0 heterocycles. The molecule has 1 aromatic rings. The van der Waals surface area contributed by atoms with Gasteiger partial charge in [0.1, 0.15) is 0 Å². The van der Waals surface area contributed by atoms with Crippen molar-refractivity contribution in [1.82, 2.24) is 0 Å². The molecule has 2 atom stereocenters. The summed E-state index contributed by atoms with van der Waals surface area (Å²) in [6, 6.07) is 2.75. The Bertz CT molecular complexity index is 431. The Morgan fingerprint density at radius 3 is 2.39 bits per heavy atom. The molecule has 0 aliphatic heterocycles. The van der Waals surface area contributed by atoms with Gasteiger partial charge >= 0.3 is 0 Å². The van der Waals surface area contributed by atoms with Gasteiger partial charge in [0.2, 0.25) is 5.91 Å². The van der Waals surface area contributed by atoms with Gasteiger partial charge in [0, 0.05) is 4.47 Å². The third-order valence-electron chi connectivity index (χ3n) is 2.81. The van der Waals surface area contributed by atoms with Crippen molar-refractivity contribution >= 4 is 50.7 Å². The third kappa shape index (κ3) is 3.85. The van der Waals surface area contributed by atoms with E-state index in [0.29, 0.717) is 15.7 Å². The lowest BCUT2D eigenvalue weighted by Gasteiger charge is -2.18. The largest absolute Gasteiger partial charge is 0.322 e. The maximum absolute atomic E-state index is 11.9. The topological polar surface area (TPSA) is 55.1 Å². The molecule has 1 amide bonds. The number of hydrogen-bond acceptors (Lipinski definition) is 2. The van der Waals surface area contributed by atoms with Crippen molar-refractivity contribution in [3.63, 3.8) is 0 Å². The molecule has 0 saturated carbocycles. The standard InChI is InChI=1S/C12H15BrCl2N2O/c1-3-6(2)10(16)12(18)17-11-8(14)4-7(13)5-9(11)15/h4-6,10H,3,16H2,1-2H3,(H,17,18)/t6-,10-/m0/s1. The maximum Gasteiger partial charge on any atom is 0.241 e. The molecule has 0 aliphatic rings. The van der Waals surface area contributed by atoms with Crippen molar-refractivity contribution in [1.29, 1.82) is 0 Å². The smallest absolute Gasteiger partial charge is 0.241 e. The molecule has 0 aromatic heterocycles. The van der Waals surface area contributed by atoms with Gasteiger partial charge in [0.25, 0.3) is 0 Å². The minimum atomic E-state index is -0.578. The fraction of sp³-hybridized carbons (Fsp3) is 0.417. The highest BCUT2D eigenvalue weighted by molar-refractivity contribution is 9.10. The van der Waals surface area contributed by atoms with Gasteiger partial charge in [-0.2, -0.15) is 0 Å². The van der Waals surface area contributed by atoms with Crippen molar-refractivity contribution in [3.05, 3.63) is 26.7 Å². The zero-order chi connectivity index (χ0) is 13.9. The van der Waals surface area contributed by atoms with Crippen molar-refractivity contribution in [2.24, 2.45) is 11.7 Å². The molecule has 0 unspecified atom stereocenters. The average molecular weight is 354 g/mol. The van der Waals surface area contributed by atoms with Gasteiger partial charge in [-0.1, -0.05) is 59.4 Å². The molecule has 1 aromatic carbocycles. The van der Waals surface area contributed by atoms with E-state index in [-0.39, 0.29) is 11.8 Å². The minimum Gasteiger partial charge on any atom is -0.322 e. The quantitative estimate of drug-likeness (QED) is 0.857. The van der Waals surface area contributed by atoms with Gasteiger partial charge in [-0.25, -0.2) is 0 Å². The van der Waals surface area contributed by atoms with E-state index in [9.17, 15) is 4.79 Å². The number of carbonyl (C=O) groups excluding carboxylic acids is 1. The number of benzene rings is 1. The molecule has 0 spiro atoms. The van der Waals surface area contributed by atoms with Crippen molar-refractivity contribution < 1.29 is 4.79 Å². The average Bonchev–Trinajstić information content (AvgIpc) is 2.31. The molecule has 18 heavy (non-hydrogen) atoms. The summed E-state index contributed by atoms with van der Waals surface area (Å²) in [4.78, 5) is 11.9. The highest BCUT2D eigenvalue weighted by atomic mass is 79.9. The highest BCUT2D eigenvalue weighted by Gasteiger charge is 2.21. The minimum absolute atomic E-state index is 0.0954. The van der Waals surface area contributed by atoms with E-state index in [2.05, 4.69) is 21.2 Å². The first kappa shape index (κ1) is 15.8. The van der Waals surface area contributed by atoms with Gasteiger partial charge in [0.05, 0.1) is 21.8 Å². The SMILES string of the molecule is CC[C@H](C)[C@H](N)C(=O)Nc1c(Cl)cc(Br)cc1Cl. The number of amides is 1. The predicted molar refractivity (Wildman–Crippen MR) is 80.2 cm³/mol. The van der Waals surface area contributed by atoms with Crippen LogP contribution >= 0.6 is 39.1 Å². The van der Waals surface area contributed by atoms with E-state index in [0.717, 1.165) is 10.9 Å². The van der Waals surface area contributed by atoms with Gasteiger partial charge in [-0.3, -0.25) is 4.79 Å². The van der Waals surface area contributed by atoms with E-state index in [4.69, 9.17) is 28.9 Å². The highest BCUT2D eigenvalue weighted by Crippen LogP contribution is 2.33. The van der Waals surface area contributed by atoms with Crippen LogP contribution in [0.3, 0.4) is 0 Å². The Kier molecular flexibility index (Phi) is 5.92. The molecule has 0 bridgehead atoms. The number of anilines is 1. The molecule has 0 radical (unpaired) electrons.